The molecule has 1 unspecified atom stereocenters. The Morgan fingerprint density at radius 1 is 0.253 bits per heavy atom. The second-order valence-electron chi connectivity index (χ2n) is 23.8. The van der Waals surface area contributed by atoms with Gasteiger partial charge in [0.15, 0.2) is 6.10 Å². The van der Waals surface area contributed by atoms with Crippen LogP contribution in [-0.4, -0.2) is 37.2 Å². The molecule has 0 aromatic heterocycles. The molecule has 83 heavy (non-hydrogen) atoms. The molecule has 0 radical (unpaired) electrons. The van der Waals surface area contributed by atoms with Crippen molar-refractivity contribution in [1.82, 2.24) is 0 Å². The van der Waals surface area contributed by atoms with Gasteiger partial charge in [-0.15, -0.1) is 0 Å². The Bertz CT molecular complexity index is 1610. The molecule has 0 saturated heterocycles. The lowest BCUT2D eigenvalue weighted by molar-refractivity contribution is -0.167. The Balaban J connectivity index is 4.22. The number of esters is 3. The molecule has 0 aromatic carbocycles. The molecule has 0 aliphatic carbocycles. The smallest absolute Gasteiger partial charge is 0.306 e. The third kappa shape index (κ3) is 69.0. The van der Waals surface area contributed by atoms with E-state index in [1.165, 1.54) is 205 Å². The van der Waals surface area contributed by atoms with Crippen molar-refractivity contribution in [3.8, 4) is 0 Å². The average Bonchev–Trinajstić information content (AvgIpc) is 3.49. The highest BCUT2D eigenvalue weighted by molar-refractivity contribution is 5.71. The molecular weight excluding hydrogens is 1020 g/mol. The van der Waals surface area contributed by atoms with Gasteiger partial charge in [0.05, 0.1) is 0 Å². The second-order valence-corrected chi connectivity index (χ2v) is 23.8. The van der Waals surface area contributed by atoms with Gasteiger partial charge in [-0.05, 0) is 116 Å². The summed E-state index contributed by atoms with van der Waals surface area (Å²) < 4.78 is 16.9. The van der Waals surface area contributed by atoms with E-state index in [-0.39, 0.29) is 37.5 Å². The highest BCUT2D eigenvalue weighted by Crippen LogP contribution is 2.17. The fourth-order valence-electron chi connectivity index (χ4n) is 10.2. The van der Waals surface area contributed by atoms with Crippen LogP contribution in [0.1, 0.15) is 355 Å². The molecule has 0 N–H and O–H groups in total. The van der Waals surface area contributed by atoms with E-state index >= 15 is 0 Å². The Labute approximate surface area is 515 Å². The SMILES string of the molecule is CC/C=C\C/C=C\C/C=C\C/C=C\C/C=C\CCCC(=O)OC(COC(=O)CCCCCCC/C=C\C/C=C\CCCCC)COC(=O)CCCCCCCCCCCCCCCCCCCCCCC/C=C\CCCCCCCCCC. The van der Waals surface area contributed by atoms with E-state index < -0.39 is 6.10 Å². The van der Waals surface area contributed by atoms with E-state index in [0.29, 0.717) is 19.3 Å². The Hall–Kier alpha value is -3.67. The van der Waals surface area contributed by atoms with Gasteiger partial charge in [-0.1, -0.05) is 317 Å². The number of ether oxygens (including phenoxy) is 3. The van der Waals surface area contributed by atoms with Gasteiger partial charge in [-0.3, -0.25) is 14.4 Å². The minimum absolute atomic E-state index is 0.103. The van der Waals surface area contributed by atoms with Crippen molar-refractivity contribution in [1.29, 1.82) is 0 Å². The van der Waals surface area contributed by atoms with Gasteiger partial charge in [0, 0.05) is 19.3 Å². The first-order valence-electron chi connectivity index (χ1n) is 35.7. The molecule has 0 rings (SSSR count). The maximum Gasteiger partial charge on any atom is 0.306 e. The molecule has 0 aliphatic heterocycles. The first-order chi connectivity index (χ1) is 41.0. The number of carbonyl (C=O) groups is 3. The van der Waals surface area contributed by atoms with E-state index in [1.807, 2.05) is 0 Å². The molecule has 6 heteroatoms. The normalized spacial score (nSPS) is 12.7. The van der Waals surface area contributed by atoms with Crippen molar-refractivity contribution < 1.29 is 28.6 Å². The highest BCUT2D eigenvalue weighted by atomic mass is 16.6. The number of hydrogen-bond donors (Lipinski definition) is 0. The molecular formula is C77H134O6. The predicted octanol–water partition coefficient (Wildman–Crippen LogP) is 24.8. The summed E-state index contributed by atoms with van der Waals surface area (Å²) in [5.74, 6) is -0.963. The average molecular weight is 1160 g/mol. The largest absolute Gasteiger partial charge is 0.462 e. The highest BCUT2D eigenvalue weighted by Gasteiger charge is 2.19. The topological polar surface area (TPSA) is 78.9 Å². The molecule has 0 aliphatic rings. The van der Waals surface area contributed by atoms with Crippen LogP contribution in [0.25, 0.3) is 0 Å². The summed E-state index contributed by atoms with van der Waals surface area (Å²) in [6, 6.07) is 0. The Morgan fingerprint density at radius 3 is 0.807 bits per heavy atom. The van der Waals surface area contributed by atoms with E-state index in [0.717, 1.165) is 103 Å². The van der Waals surface area contributed by atoms with E-state index in [2.05, 4.69) is 118 Å². The summed E-state index contributed by atoms with van der Waals surface area (Å²) >= 11 is 0. The van der Waals surface area contributed by atoms with Gasteiger partial charge in [0.25, 0.3) is 0 Å². The maximum atomic E-state index is 12.9. The van der Waals surface area contributed by atoms with E-state index in [4.69, 9.17) is 14.2 Å². The standard InChI is InChI=1S/C77H134O6/c1-4-7-10-13-16-19-22-25-28-30-31-32-33-34-35-36-37-38-39-40-41-42-43-44-45-47-49-52-55-58-61-64-67-70-76(79)82-73-74(72-81-75(78)69-66-63-60-57-54-51-48-27-24-21-18-15-12-9-6-3)83-77(80)71-68-65-62-59-56-53-50-46-29-26-23-20-17-14-11-8-5-2/h8,11,17-18,20-21,26-27,29-31,48,50,53,59,62,74H,4-7,9-10,12-16,19,22-25,28,32-47,49,51-52,54-58,60-61,63-73H2,1-3H3/b11-8-,20-17-,21-18-,29-26-,31-30-,48-27-,53-50-,62-59-. The van der Waals surface area contributed by atoms with Crippen molar-refractivity contribution in [3.63, 3.8) is 0 Å². The van der Waals surface area contributed by atoms with Gasteiger partial charge in [-0.25, -0.2) is 0 Å². The van der Waals surface area contributed by atoms with E-state index in [9.17, 15) is 14.4 Å². The lowest BCUT2D eigenvalue weighted by Gasteiger charge is -2.18. The number of unbranched alkanes of at least 4 members (excludes halogenated alkanes) is 38. The first-order valence-corrected chi connectivity index (χ1v) is 35.7. The molecule has 6 nitrogen and oxygen atoms in total. The molecule has 0 aromatic rings. The number of rotatable bonds is 65. The summed E-state index contributed by atoms with van der Waals surface area (Å²) in [6.07, 6.45) is 96.1. The summed E-state index contributed by atoms with van der Waals surface area (Å²) in [5.41, 5.74) is 0. The van der Waals surface area contributed by atoms with E-state index in [1.54, 1.807) is 0 Å². The summed E-state index contributed by atoms with van der Waals surface area (Å²) in [5, 5.41) is 0. The molecule has 1 atom stereocenters. The molecule has 0 bridgehead atoms. The van der Waals surface area contributed by atoms with Crippen LogP contribution in [0, 0.1) is 0 Å². The summed E-state index contributed by atoms with van der Waals surface area (Å²) in [4.78, 5) is 38.4. The molecule has 0 saturated carbocycles. The zero-order valence-electron chi connectivity index (χ0n) is 54.9. The predicted molar refractivity (Wildman–Crippen MR) is 362 cm³/mol. The van der Waals surface area contributed by atoms with Gasteiger partial charge in [-0.2, -0.15) is 0 Å². The van der Waals surface area contributed by atoms with Crippen LogP contribution < -0.4 is 0 Å². The van der Waals surface area contributed by atoms with Crippen molar-refractivity contribution in [2.45, 2.75) is 361 Å². The number of hydrogen-bond acceptors (Lipinski definition) is 6. The molecule has 0 amide bonds. The van der Waals surface area contributed by atoms with Crippen LogP contribution in [0.2, 0.25) is 0 Å². The molecule has 0 heterocycles. The molecule has 478 valence electrons. The van der Waals surface area contributed by atoms with Gasteiger partial charge >= 0.3 is 17.9 Å². The quantitative estimate of drug-likeness (QED) is 0.0261. The summed E-state index contributed by atoms with van der Waals surface area (Å²) in [7, 11) is 0. The third-order valence-corrected chi connectivity index (χ3v) is 15.5. The minimum atomic E-state index is -0.814. The van der Waals surface area contributed by atoms with Crippen LogP contribution in [0.15, 0.2) is 97.2 Å². The van der Waals surface area contributed by atoms with Crippen LogP contribution in [0.5, 0.6) is 0 Å². The fourth-order valence-corrected chi connectivity index (χ4v) is 10.2. The van der Waals surface area contributed by atoms with Crippen molar-refractivity contribution in [2.75, 3.05) is 13.2 Å². The maximum absolute atomic E-state index is 12.9. The third-order valence-electron chi connectivity index (χ3n) is 15.5. The van der Waals surface area contributed by atoms with Crippen LogP contribution in [0.4, 0.5) is 0 Å². The lowest BCUT2D eigenvalue weighted by Crippen LogP contribution is -2.30. The molecule has 0 spiro atoms. The minimum Gasteiger partial charge on any atom is -0.462 e. The summed E-state index contributed by atoms with van der Waals surface area (Å²) in [6.45, 7) is 6.48. The number of carbonyl (C=O) groups excluding carboxylic acids is 3. The monoisotopic (exact) mass is 1160 g/mol. The fraction of sp³-hybridized carbons (Fsp3) is 0.753. The van der Waals surface area contributed by atoms with Crippen molar-refractivity contribution >= 4 is 17.9 Å². The van der Waals surface area contributed by atoms with Gasteiger partial charge < -0.3 is 14.2 Å². The Morgan fingerprint density at radius 2 is 0.482 bits per heavy atom. The first kappa shape index (κ1) is 79.3. The van der Waals surface area contributed by atoms with Gasteiger partial charge in [0.1, 0.15) is 13.2 Å². The zero-order chi connectivity index (χ0) is 59.9. The Kier molecular flexibility index (Phi) is 67.7. The lowest BCUT2D eigenvalue weighted by atomic mass is 10.0. The van der Waals surface area contributed by atoms with Crippen molar-refractivity contribution in [3.05, 3.63) is 97.2 Å². The molecule has 0 fully saturated rings. The number of allylic oxidation sites excluding steroid dienone is 16. The van der Waals surface area contributed by atoms with Crippen LogP contribution in [0.3, 0.4) is 0 Å². The van der Waals surface area contributed by atoms with Crippen molar-refractivity contribution in [2.24, 2.45) is 0 Å². The van der Waals surface area contributed by atoms with Crippen LogP contribution in [-0.2, 0) is 28.6 Å². The van der Waals surface area contributed by atoms with Crippen LogP contribution >= 0.6 is 0 Å². The zero-order valence-corrected chi connectivity index (χ0v) is 54.9. The second kappa shape index (κ2) is 70.8. The van der Waals surface area contributed by atoms with Gasteiger partial charge in [0.2, 0.25) is 0 Å².